The van der Waals surface area contributed by atoms with Crippen LogP contribution in [-0.2, 0) is 4.79 Å². The summed E-state index contributed by atoms with van der Waals surface area (Å²) in [5.74, 6) is -0.421. The molecule has 3 nitrogen and oxygen atoms in total. The summed E-state index contributed by atoms with van der Waals surface area (Å²) in [6.45, 7) is 3.21. The fourth-order valence-electron chi connectivity index (χ4n) is 3.00. The highest BCUT2D eigenvalue weighted by Gasteiger charge is 2.51. The molecular formula is C17H16ClF3N2O. The molecule has 24 heavy (non-hydrogen) atoms. The van der Waals surface area contributed by atoms with E-state index in [-0.39, 0.29) is 12.1 Å². The lowest BCUT2D eigenvalue weighted by Crippen LogP contribution is -2.43. The van der Waals surface area contributed by atoms with Gasteiger partial charge < -0.3 is 0 Å². The normalized spacial score (nSPS) is 19.5. The zero-order valence-corrected chi connectivity index (χ0v) is 13.9. The number of benzene rings is 2. The fourth-order valence-corrected chi connectivity index (χ4v) is 3.18. The third kappa shape index (κ3) is 2.96. The van der Waals surface area contributed by atoms with Crippen molar-refractivity contribution in [2.24, 2.45) is 5.41 Å². The first-order valence-electron chi connectivity index (χ1n) is 7.42. The molecule has 1 heterocycles. The fraction of sp³-hybridized carbons (Fsp3) is 0.353. The Labute approximate surface area is 142 Å². The predicted octanol–water partition coefficient (Wildman–Crippen LogP) is 4.47. The number of halogens is 4. The summed E-state index contributed by atoms with van der Waals surface area (Å²) in [5.41, 5.74) is 1.56. The minimum absolute atomic E-state index is 0.0348. The highest BCUT2D eigenvalue weighted by atomic mass is 35.5. The van der Waals surface area contributed by atoms with Gasteiger partial charge >= 0.3 is 6.18 Å². The Kier molecular flexibility index (Phi) is 4.00. The maximum atomic E-state index is 13.8. The highest BCUT2D eigenvalue weighted by molar-refractivity contribution is 6.31. The first-order chi connectivity index (χ1) is 11.1. The van der Waals surface area contributed by atoms with Crippen LogP contribution in [0.5, 0.6) is 0 Å². The van der Waals surface area contributed by atoms with Gasteiger partial charge in [0.1, 0.15) is 0 Å². The van der Waals surface area contributed by atoms with E-state index in [1.54, 1.807) is 38.1 Å². The Morgan fingerprint density at radius 1 is 1.25 bits per heavy atom. The van der Waals surface area contributed by atoms with E-state index in [9.17, 15) is 18.0 Å². The second kappa shape index (κ2) is 5.63. The molecule has 0 radical (unpaired) electrons. The Bertz CT molecular complexity index is 804. The van der Waals surface area contributed by atoms with Crippen LogP contribution in [0.1, 0.15) is 25.5 Å². The average Bonchev–Trinajstić information content (AvgIpc) is 2.71. The van der Waals surface area contributed by atoms with Gasteiger partial charge in [-0.25, -0.2) is 5.01 Å². The molecule has 2 aromatic rings. The molecule has 0 bridgehead atoms. The third-order valence-corrected chi connectivity index (χ3v) is 4.45. The van der Waals surface area contributed by atoms with Gasteiger partial charge in [0.15, 0.2) is 6.04 Å². The van der Waals surface area contributed by atoms with E-state index < -0.39 is 23.5 Å². The molecule has 0 aliphatic carbocycles. The molecule has 2 aromatic carbocycles. The molecule has 1 N–H and O–H groups in total. The highest BCUT2D eigenvalue weighted by Crippen LogP contribution is 2.43. The van der Waals surface area contributed by atoms with Crippen LogP contribution in [0.15, 0.2) is 36.4 Å². The van der Waals surface area contributed by atoms with Crippen LogP contribution in [0.3, 0.4) is 0 Å². The minimum Gasteiger partial charge on any atom is -0.287 e. The smallest absolute Gasteiger partial charge is 0.287 e. The van der Waals surface area contributed by atoms with E-state index in [1.165, 1.54) is 12.1 Å². The van der Waals surface area contributed by atoms with E-state index in [2.05, 4.69) is 5.43 Å². The minimum atomic E-state index is -4.55. The van der Waals surface area contributed by atoms with Crippen molar-refractivity contribution in [2.45, 2.75) is 26.1 Å². The van der Waals surface area contributed by atoms with E-state index >= 15 is 0 Å². The van der Waals surface area contributed by atoms with Crippen molar-refractivity contribution in [3.8, 4) is 0 Å². The Morgan fingerprint density at radius 3 is 2.54 bits per heavy atom. The molecule has 1 aliphatic rings. The van der Waals surface area contributed by atoms with Crippen LogP contribution in [0, 0.1) is 5.41 Å². The lowest BCUT2D eigenvalue weighted by molar-refractivity contribution is -0.191. The van der Waals surface area contributed by atoms with E-state index in [1.807, 2.05) is 0 Å². The van der Waals surface area contributed by atoms with Crippen molar-refractivity contribution in [1.29, 1.82) is 0 Å². The lowest BCUT2D eigenvalue weighted by Gasteiger charge is -2.30. The maximum Gasteiger partial charge on any atom is 0.409 e. The van der Waals surface area contributed by atoms with Crippen molar-refractivity contribution in [2.75, 3.05) is 6.54 Å². The van der Waals surface area contributed by atoms with Gasteiger partial charge in [0.25, 0.3) is 0 Å². The molecule has 1 saturated heterocycles. The summed E-state index contributed by atoms with van der Waals surface area (Å²) in [5, 5.41) is 2.42. The number of hydrogen-bond acceptors (Lipinski definition) is 2. The number of nitrogens with one attached hydrogen (secondary N) is 1. The van der Waals surface area contributed by atoms with Gasteiger partial charge in [0.2, 0.25) is 5.91 Å². The second-order valence-electron chi connectivity index (χ2n) is 6.61. The van der Waals surface area contributed by atoms with Crippen LogP contribution < -0.4 is 5.43 Å². The number of rotatable bonds is 2. The molecule has 1 amide bonds. The van der Waals surface area contributed by atoms with Gasteiger partial charge in [-0.05, 0) is 42.3 Å². The number of amides is 1. The average molecular weight is 357 g/mol. The van der Waals surface area contributed by atoms with Crippen LogP contribution in [0.25, 0.3) is 10.8 Å². The standard InChI is InChI=1S/C17H16ClF3N2O/c1-16(2)9-23(22-15(16)24)14(17(19,20)21)12-5-3-4-10-6-7-11(18)8-13(10)12/h3-8,14H,9H2,1-2H3,(H,22,24)/t14-/m0/s1. The van der Waals surface area contributed by atoms with E-state index in [0.717, 1.165) is 5.01 Å². The van der Waals surface area contributed by atoms with E-state index in [0.29, 0.717) is 15.8 Å². The Hall–Kier alpha value is -1.79. The van der Waals surface area contributed by atoms with Gasteiger partial charge in [-0.15, -0.1) is 0 Å². The van der Waals surface area contributed by atoms with Crippen LogP contribution >= 0.6 is 11.6 Å². The number of fused-ring (bicyclic) bond motifs is 1. The maximum absolute atomic E-state index is 13.8. The van der Waals surface area contributed by atoms with Crippen LogP contribution in [0.2, 0.25) is 5.02 Å². The molecule has 128 valence electrons. The Morgan fingerprint density at radius 2 is 1.96 bits per heavy atom. The summed E-state index contributed by atoms with van der Waals surface area (Å²) in [7, 11) is 0. The SMILES string of the molecule is CC1(C)CN([C@@H](c2cccc3ccc(Cl)cc23)C(F)(F)F)NC1=O. The van der Waals surface area contributed by atoms with Crippen molar-refractivity contribution in [1.82, 2.24) is 10.4 Å². The first kappa shape index (κ1) is 17.0. The summed E-state index contributed by atoms with van der Waals surface area (Å²) >= 11 is 5.97. The quantitative estimate of drug-likeness (QED) is 0.861. The summed E-state index contributed by atoms with van der Waals surface area (Å²) in [6.07, 6.45) is -4.55. The van der Waals surface area contributed by atoms with Crippen molar-refractivity contribution in [3.63, 3.8) is 0 Å². The number of alkyl halides is 3. The zero-order valence-electron chi connectivity index (χ0n) is 13.1. The largest absolute Gasteiger partial charge is 0.409 e. The van der Waals surface area contributed by atoms with Crippen LogP contribution in [-0.4, -0.2) is 23.6 Å². The number of hydrazine groups is 1. The third-order valence-electron chi connectivity index (χ3n) is 4.22. The number of carbonyl (C=O) groups is 1. The molecular weight excluding hydrogens is 341 g/mol. The number of carbonyl (C=O) groups excluding carboxylic acids is 1. The Balaban J connectivity index is 2.15. The summed E-state index contributed by atoms with van der Waals surface area (Å²) in [6, 6.07) is 7.63. The number of nitrogens with zero attached hydrogens (tertiary/aromatic N) is 1. The van der Waals surface area contributed by atoms with Gasteiger partial charge in [-0.1, -0.05) is 35.9 Å². The monoisotopic (exact) mass is 356 g/mol. The topological polar surface area (TPSA) is 32.3 Å². The second-order valence-corrected chi connectivity index (χ2v) is 7.05. The first-order valence-corrected chi connectivity index (χ1v) is 7.80. The summed E-state index contributed by atoms with van der Waals surface area (Å²) in [4.78, 5) is 11.9. The molecule has 7 heteroatoms. The number of hydrogen-bond donors (Lipinski definition) is 1. The molecule has 0 spiro atoms. The molecule has 1 aliphatic heterocycles. The van der Waals surface area contributed by atoms with Crippen molar-refractivity contribution < 1.29 is 18.0 Å². The van der Waals surface area contributed by atoms with Crippen LogP contribution in [0.4, 0.5) is 13.2 Å². The van der Waals surface area contributed by atoms with Gasteiger partial charge in [0, 0.05) is 11.6 Å². The van der Waals surface area contributed by atoms with Crippen molar-refractivity contribution in [3.05, 3.63) is 47.0 Å². The molecule has 1 fully saturated rings. The lowest BCUT2D eigenvalue weighted by atomic mass is 9.93. The predicted molar refractivity (Wildman–Crippen MR) is 86.4 cm³/mol. The van der Waals surface area contributed by atoms with E-state index in [4.69, 9.17) is 11.6 Å². The molecule has 3 rings (SSSR count). The molecule has 0 unspecified atom stereocenters. The van der Waals surface area contributed by atoms with Crippen molar-refractivity contribution >= 4 is 28.3 Å². The van der Waals surface area contributed by atoms with Gasteiger partial charge in [-0.3, -0.25) is 10.2 Å². The van der Waals surface area contributed by atoms with Gasteiger partial charge in [0.05, 0.1) is 5.41 Å². The zero-order chi connectivity index (χ0) is 17.7. The summed E-state index contributed by atoms with van der Waals surface area (Å²) < 4.78 is 41.5. The van der Waals surface area contributed by atoms with Gasteiger partial charge in [-0.2, -0.15) is 13.2 Å². The molecule has 0 saturated carbocycles. The molecule has 0 aromatic heterocycles. The molecule has 1 atom stereocenters.